The smallest absolute Gasteiger partial charge is 0.309 e. The first kappa shape index (κ1) is 15.0. The monoisotopic (exact) mass is 318 g/mol. The molecule has 0 aliphatic heterocycles. The molecule has 22 heavy (non-hydrogen) atoms. The normalized spacial score (nSPS) is 22.4. The number of carbonyl (C=O) groups is 2. The molecular formula is C16H18N2O3S. The van der Waals surface area contributed by atoms with Crippen LogP contribution in [-0.2, 0) is 27.2 Å². The van der Waals surface area contributed by atoms with Crippen molar-refractivity contribution in [2.45, 2.75) is 39.0 Å². The van der Waals surface area contributed by atoms with E-state index in [0.717, 1.165) is 37.7 Å². The van der Waals surface area contributed by atoms with Crippen molar-refractivity contribution >= 4 is 28.2 Å². The molecule has 116 valence electrons. The molecule has 1 saturated carbocycles. The van der Waals surface area contributed by atoms with E-state index in [1.54, 1.807) is 0 Å². The first-order chi connectivity index (χ1) is 10.6. The number of carbonyl (C=O) groups excluding carboxylic acids is 2. The Balaban J connectivity index is 1.60. The van der Waals surface area contributed by atoms with Gasteiger partial charge in [-0.05, 0) is 43.6 Å². The zero-order chi connectivity index (χ0) is 15.7. The maximum Gasteiger partial charge on any atom is 0.309 e. The fourth-order valence-corrected chi connectivity index (χ4v) is 4.09. The second-order valence-electron chi connectivity index (χ2n) is 6.00. The van der Waals surface area contributed by atoms with Crippen molar-refractivity contribution in [3.8, 4) is 6.07 Å². The number of aryl methyl sites for hydroxylation is 1. The molecule has 1 N–H and O–H groups in total. The van der Waals surface area contributed by atoms with Crippen molar-refractivity contribution < 1.29 is 14.3 Å². The van der Waals surface area contributed by atoms with Gasteiger partial charge in [0.05, 0.1) is 11.5 Å². The minimum atomic E-state index is -0.378. The number of anilines is 1. The molecule has 0 unspecified atom stereocenters. The highest BCUT2D eigenvalue weighted by atomic mass is 32.1. The van der Waals surface area contributed by atoms with E-state index in [1.807, 2.05) is 6.92 Å². The number of esters is 1. The maximum absolute atomic E-state index is 11.9. The molecule has 1 amide bonds. The van der Waals surface area contributed by atoms with Crippen LogP contribution in [0.15, 0.2) is 0 Å². The topological polar surface area (TPSA) is 79.2 Å². The number of nitriles is 1. The highest BCUT2D eigenvalue weighted by molar-refractivity contribution is 7.16. The summed E-state index contributed by atoms with van der Waals surface area (Å²) in [5.74, 6) is -0.355. The van der Waals surface area contributed by atoms with Gasteiger partial charge in [0.2, 0.25) is 0 Å². The van der Waals surface area contributed by atoms with Crippen LogP contribution in [0.5, 0.6) is 0 Å². The van der Waals surface area contributed by atoms with E-state index in [0.29, 0.717) is 16.5 Å². The van der Waals surface area contributed by atoms with Crippen molar-refractivity contribution in [3.63, 3.8) is 0 Å². The van der Waals surface area contributed by atoms with E-state index < -0.39 is 0 Å². The van der Waals surface area contributed by atoms with E-state index in [9.17, 15) is 14.9 Å². The lowest BCUT2D eigenvalue weighted by atomic mass is 9.96. The number of hydrogen-bond acceptors (Lipinski definition) is 5. The van der Waals surface area contributed by atoms with Crippen molar-refractivity contribution in [2.75, 3.05) is 11.9 Å². The lowest BCUT2D eigenvalue weighted by molar-refractivity contribution is -0.148. The SMILES string of the molecule is C[C@H]1C[C@@H]1C(=O)OCC(=O)Nc1sc2c(c1C#N)CCCC2. The van der Waals surface area contributed by atoms with Crippen LogP contribution < -0.4 is 5.32 Å². The molecule has 5 nitrogen and oxygen atoms in total. The molecule has 2 aliphatic carbocycles. The molecule has 0 radical (unpaired) electrons. The van der Waals surface area contributed by atoms with Crippen molar-refractivity contribution in [2.24, 2.45) is 11.8 Å². The molecular weight excluding hydrogens is 300 g/mol. The van der Waals surface area contributed by atoms with Crippen LogP contribution in [0.3, 0.4) is 0 Å². The molecule has 1 aromatic rings. The highest BCUT2D eigenvalue weighted by Crippen LogP contribution is 2.39. The van der Waals surface area contributed by atoms with Gasteiger partial charge in [-0.25, -0.2) is 0 Å². The second-order valence-corrected chi connectivity index (χ2v) is 7.11. The zero-order valence-electron chi connectivity index (χ0n) is 12.5. The van der Waals surface area contributed by atoms with Gasteiger partial charge in [-0.2, -0.15) is 5.26 Å². The highest BCUT2D eigenvalue weighted by Gasteiger charge is 2.40. The first-order valence-electron chi connectivity index (χ1n) is 7.61. The number of amides is 1. The molecule has 2 aliphatic rings. The predicted octanol–water partition coefficient (Wildman–Crippen LogP) is 2.64. The molecule has 6 heteroatoms. The van der Waals surface area contributed by atoms with Crippen molar-refractivity contribution in [1.82, 2.24) is 0 Å². The summed E-state index contributed by atoms with van der Waals surface area (Å²) < 4.78 is 5.02. The van der Waals surface area contributed by atoms with Gasteiger partial charge >= 0.3 is 5.97 Å². The summed E-state index contributed by atoms with van der Waals surface area (Å²) in [4.78, 5) is 24.7. The van der Waals surface area contributed by atoms with Gasteiger partial charge in [0, 0.05) is 4.88 Å². The molecule has 0 spiro atoms. The molecule has 0 aromatic carbocycles. The Morgan fingerprint density at radius 1 is 1.41 bits per heavy atom. The largest absolute Gasteiger partial charge is 0.455 e. The van der Waals surface area contributed by atoms with E-state index in [2.05, 4.69) is 11.4 Å². The second kappa shape index (κ2) is 6.09. The summed E-state index contributed by atoms with van der Waals surface area (Å²) >= 11 is 1.47. The molecule has 0 saturated heterocycles. The summed E-state index contributed by atoms with van der Waals surface area (Å²) in [5, 5.41) is 12.6. The number of nitrogens with one attached hydrogen (secondary N) is 1. The Morgan fingerprint density at radius 2 is 2.14 bits per heavy atom. The molecule has 1 heterocycles. The van der Waals surface area contributed by atoms with Gasteiger partial charge in [-0.15, -0.1) is 11.3 Å². The summed E-state index contributed by atoms with van der Waals surface area (Å²) in [6, 6.07) is 2.20. The van der Waals surface area contributed by atoms with Crippen LogP contribution in [0.4, 0.5) is 5.00 Å². The first-order valence-corrected chi connectivity index (χ1v) is 8.43. The van der Waals surface area contributed by atoms with Crippen LogP contribution >= 0.6 is 11.3 Å². The standard InChI is InChI=1S/C16H18N2O3S/c1-9-6-11(9)16(20)21-8-14(19)18-15-12(7-17)10-4-2-3-5-13(10)22-15/h9,11H,2-6,8H2,1H3,(H,18,19)/t9-,11-/m0/s1. The van der Waals surface area contributed by atoms with E-state index in [1.165, 1.54) is 16.2 Å². The van der Waals surface area contributed by atoms with Crippen LogP contribution in [0.2, 0.25) is 0 Å². The van der Waals surface area contributed by atoms with Gasteiger partial charge in [0.25, 0.3) is 5.91 Å². The molecule has 2 atom stereocenters. The van der Waals surface area contributed by atoms with Gasteiger partial charge in [-0.3, -0.25) is 9.59 Å². The molecule has 1 fully saturated rings. The van der Waals surface area contributed by atoms with E-state index in [4.69, 9.17) is 4.74 Å². The summed E-state index contributed by atoms with van der Waals surface area (Å²) in [6.45, 7) is 1.71. The third-order valence-corrected chi connectivity index (χ3v) is 5.50. The molecule has 1 aromatic heterocycles. The van der Waals surface area contributed by atoms with Gasteiger partial charge < -0.3 is 10.1 Å². The van der Waals surface area contributed by atoms with E-state index in [-0.39, 0.29) is 24.4 Å². The maximum atomic E-state index is 11.9. The Kier molecular flexibility index (Phi) is 4.16. The average molecular weight is 318 g/mol. The summed E-state index contributed by atoms with van der Waals surface area (Å²) in [6.07, 6.45) is 4.93. The van der Waals surface area contributed by atoms with E-state index >= 15 is 0 Å². The number of nitrogens with zero attached hydrogens (tertiary/aromatic N) is 1. The number of rotatable bonds is 4. The fourth-order valence-electron chi connectivity index (χ4n) is 2.83. The lowest BCUT2D eigenvalue weighted by Gasteiger charge is -2.09. The Morgan fingerprint density at radius 3 is 2.82 bits per heavy atom. The van der Waals surface area contributed by atoms with Crippen molar-refractivity contribution in [1.29, 1.82) is 5.26 Å². The Labute approximate surface area is 133 Å². The number of fused-ring (bicyclic) bond motifs is 1. The zero-order valence-corrected chi connectivity index (χ0v) is 13.3. The van der Waals surface area contributed by atoms with Crippen LogP contribution in [0.25, 0.3) is 0 Å². The van der Waals surface area contributed by atoms with Crippen LogP contribution in [0, 0.1) is 23.2 Å². The lowest BCUT2D eigenvalue weighted by Crippen LogP contribution is -2.21. The third kappa shape index (κ3) is 3.00. The number of thiophene rings is 1. The summed E-state index contributed by atoms with van der Waals surface area (Å²) in [5.41, 5.74) is 1.66. The quantitative estimate of drug-likeness (QED) is 0.866. The van der Waals surface area contributed by atoms with Crippen LogP contribution in [0.1, 0.15) is 42.2 Å². The Bertz CT molecular complexity index is 659. The molecule has 3 rings (SSSR count). The number of hydrogen-bond donors (Lipinski definition) is 1. The minimum absolute atomic E-state index is 0.0449. The Hall–Kier alpha value is -1.87. The van der Waals surface area contributed by atoms with Crippen LogP contribution in [-0.4, -0.2) is 18.5 Å². The van der Waals surface area contributed by atoms with Gasteiger partial charge in [0.15, 0.2) is 6.61 Å². The molecule has 0 bridgehead atoms. The van der Waals surface area contributed by atoms with Crippen molar-refractivity contribution in [3.05, 3.63) is 16.0 Å². The average Bonchev–Trinajstić information content (AvgIpc) is 3.13. The van der Waals surface area contributed by atoms with Gasteiger partial charge in [0.1, 0.15) is 11.1 Å². The minimum Gasteiger partial charge on any atom is -0.455 e. The predicted molar refractivity (Wildman–Crippen MR) is 82.5 cm³/mol. The third-order valence-electron chi connectivity index (χ3n) is 4.29. The van der Waals surface area contributed by atoms with Gasteiger partial charge in [-0.1, -0.05) is 6.92 Å². The fraction of sp³-hybridized carbons (Fsp3) is 0.562. The summed E-state index contributed by atoms with van der Waals surface area (Å²) in [7, 11) is 0. The number of ether oxygens (including phenoxy) is 1.